The Balaban J connectivity index is 1.63. The van der Waals surface area contributed by atoms with Gasteiger partial charge in [0.25, 0.3) is 11.5 Å². The van der Waals surface area contributed by atoms with Crippen molar-refractivity contribution in [2.24, 2.45) is 0 Å². The Morgan fingerprint density at radius 1 is 1.33 bits per heavy atom. The molecule has 108 valence electrons. The van der Waals surface area contributed by atoms with E-state index >= 15 is 0 Å². The molecule has 0 radical (unpaired) electrons. The molecule has 1 N–H and O–H groups in total. The van der Waals surface area contributed by atoms with E-state index in [1.165, 1.54) is 6.07 Å². The van der Waals surface area contributed by atoms with E-state index < -0.39 is 0 Å². The van der Waals surface area contributed by atoms with Crippen LogP contribution in [0.2, 0.25) is 0 Å². The number of likely N-dealkylation sites (N-methyl/N-ethyl adjacent to an activating group) is 1. The predicted molar refractivity (Wildman–Crippen MR) is 79.4 cm³/mol. The van der Waals surface area contributed by atoms with Gasteiger partial charge in [-0.25, -0.2) is 5.10 Å². The van der Waals surface area contributed by atoms with Crippen molar-refractivity contribution in [3.8, 4) is 0 Å². The lowest BCUT2D eigenvalue weighted by atomic mass is 10.1. The Morgan fingerprint density at radius 2 is 2.05 bits per heavy atom. The van der Waals surface area contributed by atoms with Gasteiger partial charge in [0.05, 0.1) is 17.9 Å². The van der Waals surface area contributed by atoms with Crippen molar-refractivity contribution in [2.75, 3.05) is 25.0 Å². The summed E-state index contributed by atoms with van der Waals surface area (Å²) in [5.74, 6) is 0.0179. The quantitative estimate of drug-likeness (QED) is 0.902. The van der Waals surface area contributed by atoms with E-state index in [9.17, 15) is 9.59 Å². The van der Waals surface area contributed by atoms with Crippen LogP contribution in [0.5, 0.6) is 0 Å². The molecule has 1 aliphatic heterocycles. The third kappa shape index (κ3) is 2.65. The fourth-order valence-electron chi connectivity index (χ4n) is 2.40. The van der Waals surface area contributed by atoms with Crippen molar-refractivity contribution < 1.29 is 4.79 Å². The minimum Gasteiger partial charge on any atom is -0.366 e. The van der Waals surface area contributed by atoms with Crippen LogP contribution < -0.4 is 10.5 Å². The summed E-state index contributed by atoms with van der Waals surface area (Å²) in [7, 11) is 1.81. The highest BCUT2D eigenvalue weighted by Crippen LogP contribution is 2.22. The van der Waals surface area contributed by atoms with E-state index in [0.717, 1.165) is 5.69 Å². The molecule has 6 nitrogen and oxygen atoms in total. The number of aromatic nitrogens is 2. The Kier molecular flexibility index (Phi) is 3.43. The molecule has 0 unspecified atom stereocenters. The minimum absolute atomic E-state index is 0.0179. The van der Waals surface area contributed by atoms with Crippen LogP contribution in [0.15, 0.2) is 47.4 Å². The number of anilines is 1. The molecule has 0 spiro atoms. The van der Waals surface area contributed by atoms with Crippen LogP contribution in [0, 0.1) is 0 Å². The lowest BCUT2D eigenvalue weighted by Gasteiger charge is -2.45. The van der Waals surface area contributed by atoms with Gasteiger partial charge in [-0.3, -0.25) is 9.59 Å². The van der Waals surface area contributed by atoms with Crippen LogP contribution >= 0.6 is 0 Å². The summed E-state index contributed by atoms with van der Waals surface area (Å²) in [5.41, 5.74) is 1.26. The van der Waals surface area contributed by atoms with Crippen molar-refractivity contribution in [1.82, 2.24) is 15.1 Å². The molecule has 0 aliphatic carbocycles. The number of amides is 1. The van der Waals surface area contributed by atoms with Crippen LogP contribution in [-0.4, -0.2) is 47.2 Å². The van der Waals surface area contributed by atoms with Crippen molar-refractivity contribution in [3.63, 3.8) is 0 Å². The molecule has 0 saturated carbocycles. The number of nitrogens with zero attached hydrogens (tertiary/aromatic N) is 3. The second-order valence-corrected chi connectivity index (χ2v) is 5.14. The van der Waals surface area contributed by atoms with E-state index in [-0.39, 0.29) is 17.5 Å². The maximum absolute atomic E-state index is 12.3. The fraction of sp³-hybridized carbons (Fsp3) is 0.267. The summed E-state index contributed by atoms with van der Waals surface area (Å²) in [6.45, 7) is 1.42. The lowest BCUT2D eigenvalue weighted by Crippen LogP contribution is -2.60. The number of benzene rings is 1. The zero-order valence-corrected chi connectivity index (χ0v) is 11.7. The summed E-state index contributed by atoms with van der Waals surface area (Å²) in [6, 6.07) is 10.9. The maximum Gasteiger partial charge on any atom is 0.266 e. The van der Waals surface area contributed by atoms with Crippen molar-refractivity contribution >= 4 is 11.6 Å². The largest absolute Gasteiger partial charge is 0.366 e. The van der Waals surface area contributed by atoms with E-state index in [2.05, 4.69) is 10.2 Å². The van der Waals surface area contributed by atoms with Gasteiger partial charge in [0.1, 0.15) is 0 Å². The molecule has 1 amide bonds. The number of nitrogens with one attached hydrogen (secondary N) is 1. The van der Waals surface area contributed by atoms with E-state index in [4.69, 9.17) is 0 Å². The van der Waals surface area contributed by atoms with Gasteiger partial charge in [-0.05, 0) is 12.1 Å². The number of aromatic amines is 1. The van der Waals surface area contributed by atoms with Crippen LogP contribution in [0.4, 0.5) is 5.69 Å². The molecule has 0 bridgehead atoms. The van der Waals surface area contributed by atoms with E-state index in [1.807, 2.05) is 42.3 Å². The first-order valence-electron chi connectivity index (χ1n) is 6.77. The fourth-order valence-corrected chi connectivity index (χ4v) is 2.40. The maximum atomic E-state index is 12.3. The molecule has 0 atom stereocenters. The smallest absolute Gasteiger partial charge is 0.266 e. The highest BCUT2D eigenvalue weighted by Gasteiger charge is 2.33. The third-order valence-corrected chi connectivity index (χ3v) is 3.77. The zero-order chi connectivity index (χ0) is 14.8. The summed E-state index contributed by atoms with van der Waals surface area (Å²) < 4.78 is 0. The van der Waals surface area contributed by atoms with Gasteiger partial charge in [0, 0.05) is 31.8 Å². The molecular formula is C15H16N4O2. The first-order valence-corrected chi connectivity index (χ1v) is 6.77. The number of carbonyl (C=O) groups excluding carboxylic acids is 1. The lowest BCUT2D eigenvalue weighted by molar-refractivity contribution is 0.0705. The predicted octanol–water partition coefficient (Wildman–Crippen LogP) is 0.731. The second-order valence-electron chi connectivity index (χ2n) is 5.14. The van der Waals surface area contributed by atoms with Gasteiger partial charge in [0.15, 0.2) is 0 Å². The summed E-state index contributed by atoms with van der Waals surface area (Å²) in [5, 5.41) is 6.13. The molecule has 1 fully saturated rings. The van der Waals surface area contributed by atoms with Gasteiger partial charge in [-0.2, -0.15) is 5.10 Å². The van der Waals surface area contributed by atoms with Gasteiger partial charge in [-0.15, -0.1) is 0 Å². The molecule has 6 heteroatoms. The molecule has 3 rings (SSSR count). The first-order chi connectivity index (χ1) is 10.1. The number of hydrogen-bond donors (Lipinski definition) is 1. The Hall–Kier alpha value is -2.63. The van der Waals surface area contributed by atoms with Gasteiger partial charge >= 0.3 is 0 Å². The molecule has 1 aliphatic rings. The van der Waals surface area contributed by atoms with Gasteiger partial charge < -0.3 is 9.80 Å². The molecule has 2 aromatic rings. The summed E-state index contributed by atoms with van der Waals surface area (Å²) in [4.78, 5) is 27.3. The highest BCUT2D eigenvalue weighted by molar-refractivity contribution is 5.94. The zero-order valence-electron chi connectivity index (χ0n) is 11.7. The molecule has 1 aromatic carbocycles. The topological polar surface area (TPSA) is 69.3 Å². The van der Waals surface area contributed by atoms with Crippen LogP contribution in [-0.2, 0) is 0 Å². The first kappa shape index (κ1) is 13.4. The molecule has 1 saturated heterocycles. The number of H-pyrrole nitrogens is 1. The van der Waals surface area contributed by atoms with Gasteiger partial charge in [-0.1, -0.05) is 18.2 Å². The van der Waals surface area contributed by atoms with Gasteiger partial charge in [0.2, 0.25) is 0 Å². The highest BCUT2D eigenvalue weighted by atomic mass is 16.2. The van der Waals surface area contributed by atoms with Crippen LogP contribution in [0.1, 0.15) is 10.4 Å². The molecule has 21 heavy (non-hydrogen) atoms. The van der Waals surface area contributed by atoms with Crippen molar-refractivity contribution in [2.45, 2.75) is 6.04 Å². The third-order valence-electron chi connectivity index (χ3n) is 3.77. The average Bonchev–Trinajstić information content (AvgIpc) is 2.46. The number of hydrogen-bond acceptors (Lipinski definition) is 4. The van der Waals surface area contributed by atoms with Crippen LogP contribution in [0.3, 0.4) is 0 Å². The Labute approximate surface area is 122 Å². The number of rotatable bonds is 3. The summed E-state index contributed by atoms with van der Waals surface area (Å²) >= 11 is 0. The average molecular weight is 284 g/mol. The second kappa shape index (κ2) is 5.40. The van der Waals surface area contributed by atoms with Crippen LogP contribution in [0.25, 0.3) is 0 Å². The molecule has 1 aromatic heterocycles. The van der Waals surface area contributed by atoms with Crippen molar-refractivity contribution in [1.29, 1.82) is 0 Å². The normalized spacial score (nSPS) is 14.6. The Morgan fingerprint density at radius 3 is 2.71 bits per heavy atom. The summed E-state index contributed by atoms with van der Waals surface area (Å²) in [6.07, 6.45) is 1.62. The monoisotopic (exact) mass is 284 g/mol. The van der Waals surface area contributed by atoms with Crippen molar-refractivity contribution in [3.05, 3.63) is 58.5 Å². The Bertz CT molecular complexity index is 692. The standard InChI is InChI=1S/C15H16N4O2/c1-18(15(21)11-5-3-2-4-6-11)13-9-19(10-13)12-7-14(20)17-16-8-12/h2-8,13H,9-10H2,1H3,(H,17,20). The minimum atomic E-state index is -0.218. The SMILES string of the molecule is CN(C(=O)c1ccccc1)C1CN(c2cn[nH]c(=O)c2)C1. The number of carbonyl (C=O) groups is 1. The molecular weight excluding hydrogens is 268 g/mol. The van der Waals surface area contributed by atoms with E-state index in [1.54, 1.807) is 11.1 Å². The molecule has 2 heterocycles. The van der Waals surface area contributed by atoms with E-state index in [0.29, 0.717) is 18.7 Å².